The van der Waals surface area contributed by atoms with Crippen molar-refractivity contribution in [2.45, 2.75) is 26.3 Å². The molecule has 1 aromatic heterocycles. The Labute approximate surface area is 160 Å². The molecule has 1 atom stereocenters. The summed E-state index contributed by atoms with van der Waals surface area (Å²) < 4.78 is 7.06. The molecule has 0 saturated heterocycles. The van der Waals surface area contributed by atoms with Crippen LogP contribution in [0.2, 0.25) is 0 Å². The Morgan fingerprint density at radius 2 is 2.15 bits per heavy atom. The number of para-hydroxylation sites is 1. The Balaban J connectivity index is 2.10. The number of benzene rings is 1. The smallest absolute Gasteiger partial charge is 0.264 e. The van der Waals surface area contributed by atoms with E-state index in [4.69, 9.17) is 17.0 Å². The average Bonchev–Trinajstić information content (AvgIpc) is 3.05. The number of carbonyl (C=O) groups excluding carboxylic acids is 1. The third-order valence-corrected chi connectivity index (χ3v) is 4.77. The molecule has 27 heavy (non-hydrogen) atoms. The first-order valence-corrected chi connectivity index (χ1v) is 8.87. The van der Waals surface area contributed by atoms with E-state index < -0.39 is 11.6 Å². The van der Waals surface area contributed by atoms with Crippen LogP contribution in [-0.2, 0) is 11.8 Å². The van der Waals surface area contributed by atoms with Gasteiger partial charge in [0.1, 0.15) is 11.3 Å². The number of nitrogens with zero attached hydrogens (tertiary/aromatic N) is 3. The molecule has 1 aliphatic rings. The number of hydrogen-bond acceptors (Lipinski definition) is 6. The van der Waals surface area contributed by atoms with Crippen molar-refractivity contribution in [1.29, 1.82) is 0 Å². The quantitative estimate of drug-likeness (QED) is 0.783. The molecule has 0 radical (unpaired) electrons. The van der Waals surface area contributed by atoms with Gasteiger partial charge in [0.15, 0.2) is 4.77 Å². The number of nitrogens with one attached hydrogen (secondary N) is 1. The minimum Gasteiger partial charge on any atom is -0.494 e. The summed E-state index contributed by atoms with van der Waals surface area (Å²) >= 11 is 5.00. The molecule has 1 unspecified atom stereocenters. The SMILES string of the molecule is CCOc1ccccc1C1CC(c2c(O)n(C)c(=S)[nH]c2=O)=NN1C(C)=O. The normalized spacial score (nSPS) is 16.3. The molecule has 0 aliphatic carbocycles. The van der Waals surface area contributed by atoms with Gasteiger partial charge in [-0.2, -0.15) is 5.10 Å². The number of amides is 1. The minimum absolute atomic E-state index is 0.00809. The van der Waals surface area contributed by atoms with Gasteiger partial charge in [-0.1, -0.05) is 18.2 Å². The van der Waals surface area contributed by atoms with Crippen molar-refractivity contribution in [2.24, 2.45) is 12.1 Å². The first kappa shape index (κ1) is 18.8. The fraction of sp³-hybridized carbons (Fsp3) is 0.333. The predicted molar refractivity (Wildman–Crippen MR) is 103 cm³/mol. The number of ether oxygens (including phenoxy) is 1. The molecule has 8 nitrogen and oxygen atoms in total. The molecular formula is C18H20N4O4S. The van der Waals surface area contributed by atoms with Gasteiger partial charge >= 0.3 is 0 Å². The summed E-state index contributed by atoms with van der Waals surface area (Å²) in [5.41, 5.74) is 0.560. The molecular weight excluding hydrogens is 368 g/mol. The number of H-pyrrole nitrogens is 1. The molecule has 1 amide bonds. The second-order valence-electron chi connectivity index (χ2n) is 6.12. The van der Waals surface area contributed by atoms with E-state index in [2.05, 4.69) is 10.1 Å². The fourth-order valence-electron chi connectivity index (χ4n) is 3.11. The molecule has 142 valence electrons. The van der Waals surface area contributed by atoms with Gasteiger partial charge in [0.2, 0.25) is 11.8 Å². The van der Waals surface area contributed by atoms with Crippen LogP contribution in [0, 0.1) is 4.77 Å². The lowest BCUT2D eigenvalue weighted by Gasteiger charge is -2.22. The van der Waals surface area contributed by atoms with Crippen molar-refractivity contribution in [3.63, 3.8) is 0 Å². The molecule has 3 rings (SSSR count). The lowest BCUT2D eigenvalue weighted by atomic mass is 9.98. The van der Waals surface area contributed by atoms with Crippen LogP contribution in [0.5, 0.6) is 11.6 Å². The summed E-state index contributed by atoms with van der Waals surface area (Å²) in [5, 5.41) is 16.0. The molecule has 0 spiro atoms. The summed E-state index contributed by atoms with van der Waals surface area (Å²) in [6.45, 7) is 3.76. The van der Waals surface area contributed by atoms with E-state index in [9.17, 15) is 14.7 Å². The van der Waals surface area contributed by atoms with Gasteiger partial charge < -0.3 is 9.84 Å². The van der Waals surface area contributed by atoms with E-state index in [-0.39, 0.29) is 28.5 Å². The zero-order chi connectivity index (χ0) is 19.7. The van der Waals surface area contributed by atoms with Gasteiger partial charge in [-0.05, 0) is 25.2 Å². The molecule has 1 aliphatic heterocycles. The van der Waals surface area contributed by atoms with Crippen molar-refractivity contribution in [1.82, 2.24) is 14.6 Å². The third kappa shape index (κ3) is 3.37. The monoisotopic (exact) mass is 388 g/mol. The standard InChI is InChI=1S/C18H20N4O4S/c1-4-26-14-8-6-5-7-11(14)13-9-12(20-22(13)10(2)23)15-16(24)19-18(27)21(3)17(15)25/h5-8,13,25H,4,9H2,1-3H3,(H,19,24,27). The first-order chi connectivity index (χ1) is 12.8. The summed E-state index contributed by atoms with van der Waals surface area (Å²) in [7, 11) is 1.54. The highest BCUT2D eigenvalue weighted by Crippen LogP contribution is 2.37. The van der Waals surface area contributed by atoms with Crippen LogP contribution in [-0.4, -0.2) is 37.9 Å². The zero-order valence-corrected chi connectivity index (χ0v) is 16.0. The zero-order valence-electron chi connectivity index (χ0n) is 15.2. The van der Waals surface area contributed by atoms with Gasteiger partial charge in [0.05, 0.1) is 18.4 Å². The van der Waals surface area contributed by atoms with E-state index in [0.29, 0.717) is 18.1 Å². The second kappa shape index (κ2) is 7.36. The average molecular weight is 388 g/mol. The predicted octanol–water partition coefficient (Wildman–Crippen LogP) is 2.24. The number of aromatic amines is 1. The molecule has 0 saturated carbocycles. The number of hydrazone groups is 1. The van der Waals surface area contributed by atoms with E-state index in [1.54, 1.807) is 0 Å². The van der Waals surface area contributed by atoms with Crippen molar-refractivity contribution in [2.75, 3.05) is 6.61 Å². The maximum Gasteiger partial charge on any atom is 0.264 e. The van der Waals surface area contributed by atoms with Crippen molar-refractivity contribution in [3.05, 3.63) is 50.5 Å². The highest BCUT2D eigenvalue weighted by molar-refractivity contribution is 7.71. The molecule has 9 heteroatoms. The van der Waals surface area contributed by atoms with E-state index in [1.165, 1.54) is 23.5 Å². The van der Waals surface area contributed by atoms with Gasteiger partial charge in [0.25, 0.3) is 5.56 Å². The lowest BCUT2D eigenvalue weighted by Crippen LogP contribution is -2.24. The summed E-state index contributed by atoms with van der Waals surface area (Å²) in [6.07, 6.45) is 0.261. The molecule has 2 aromatic rings. The van der Waals surface area contributed by atoms with Crippen LogP contribution in [0.1, 0.15) is 37.4 Å². The van der Waals surface area contributed by atoms with Gasteiger partial charge in [-0.15, -0.1) is 0 Å². The number of aromatic nitrogens is 2. The Morgan fingerprint density at radius 3 is 2.81 bits per heavy atom. The largest absolute Gasteiger partial charge is 0.494 e. The highest BCUT2D eigenvalue weighted by atomic mass is 32.1. The Morgan fingerprint density at radius 1 is 1.44 bits per heavy atom. The molecule has 0 bridgehead atoms. The summed E-state index contributed by atoms with van der Waals surface area (Å²) in [6, 6.07) is 6.95. The van der Waals surface area contributed by atoms with Crippen molar-refractivity contribution >= 4 is 23.8 Å². The maximum atomic E-state index is 12.4. The van der Waals surface area contributed by atoms with Crippen LogP contribution >= 0.6 is 12.2 Å². The summed E-state index contributed by atoms with van der Waals surface area (Å²) in [4.78, 5) is 27.1. The van der Waals surface area contributed by atoms with E-state index in [1.807, 2.05) is 31.2 Å². The Bertz CT molecular complexity index is 1040. The van der Waals surface area contributed by atoms with Crippen LogP contribution < -0.4 is 10.3 Å². The summed E-state index contributed by atoms with van der Waals surface area (Å²) in [5.74, 6) is 0.0866. The number of aromatic hydroxyl groups is 1. The van der Waals surface area contributed by atoms with E-state index >= 15 is 0 Å². The second-order valence-corrected chi connectivity index (χ2v) is 6.50. The molecule has 0 fully saturated rings. The third-order valence-electron chi connectivity index (χ3n) is 4.39. The van der Waals surface area contributed by atoms with Gasteiger partial charge in [-0.25, -0.2) is 5.01 Å². The molecule has 1 aromatic carbocycles. The maximum absolute atomic E-state index is 12.4. The Hall–Kier alpha value is -2.94. The Kier molecular flexibility index (Phi) is 5.13. The van der Waals surface area contributed by atoms with Crippen molar-refractivity contribution < 1.29 is 14.6 Å². The number of rotatable bonds is 4. The molecule has 2 N–H and O–H groups in total. The van der Waals surface area contributed by atoms with Crippen molar-refractivity contribution in [3.8, 4) is 11.6 Å². The van der Waals surface area contributed by atoms with Gasteiger partial charge in [-0.3, -0.25) is 19.1 Å². The van der Waals surface area contributed by atoms with E-state index in [0.717, 1.165) is 5.56 Å². The number of hydrogen-bond donors (Lipinski definition) is 2. The number of carbonyl (C=O) groups is 1. The highest BCUT2D eigenvalue weighted by Gasteiger charge is 2.35. The fourth-order valence-corrected chi connectivity index (χ4v) is 3.28. The van der Waals surface area contributed by atoms with Gasteiger partial charge in [0, 0.05) is 26.0 Å². The first-order valence-electron chi connectivity index (χ1n) is 8.46. The topological polar surface area (TPSA) is 99.9 Å². The van der Waals surface area contributed by atoms with Crippen LogP contribution in [0.4, 0.5) is 0 Å². The van der Waals surface area contributed by atoms with Crippen LogP contribution in [0.15, 0.2) is 34.2 Å². The van der Waals surface area contributed by atoms with Crippen LogP contribution in [0.25, 0.3) is 0 Å². The minimum atomic E-state index is -0.545. The van der Waals surface area contributed by atoms with Crippen LogP contribution in [0.3, 0.4) is 0 Å². The lowest BCUT2D eigenvalue weighted by molar-refractivity contribution is -0.130. The molecule has 2 heterocycles.